The van der Waals surface area contributed by atoms with Gasteiger partial charge in [-0.25, -0.2) is 9.78 Å². The number of aromatic nitrogens is 4. The molecule has 3 aromatic rings. The molecule has 4 atom stereocenters. The first-order chi connectivity index (χ1) is 16.8. The summed E-state index contributed by atoms with van der Waals surface area (Å²) in [6, 6.07) is 8.42. The Kier molecular flexibility index (Phi) is 7.24. The minimum Gasteiger partial charge on any atom is -0.453 e. The van der Waals surface area contributed by atoms with Gasteiger partial charge in [-0.3, -0.25) is 24.5 Å². The van der Waals surface area contributed by atoms with E-state index in [4.69, 9.17) is 14.2 Å². The highest BCUT2D eigenvalue weighted by atomic mass is 16.6. The molecule has 186 valence electrons. The molecule has 0 aliphatic carbocycles. The number of hydrogen-bond acceptors (Lipinski definition) is 9. The summed E-state index contributed by atoms with van der Waals surface area (Å²) in [6.45, 7) is 3.35. The largest absolute Gasteiger partial charge is 0.453 e. The van der Waals surface area contributed by atoms with Crippen LogP contribution in [0.15, 0.2) is 41.5 Å². The third-order valence-corrected chi connectivity index (χ3v) is 5.55. The number of ether oxygens (including phenoxy) is 3. The van der Waals surface area contributed by atoms with Crippen LogP contribution in [-0.2, 0) is 19.0 Å². The Morgan fingerprint density at radius 3 is 2.66 bits per heavy atom. The maximum absolute atomic E-state index is 12.7. The molecular formula is C23H27N5O7. The smallest absolute Gasteiger partial charge is 0.338 e. The van der Waals surface area contributed by atoms with Gasteiger partial charge in [0.1, 0.15) is 12.2 Å². The number of carbonyl (C=O) groups is 2. The summed E-state index contributed by atoms with van der Waals surface area (Å²) in [4.78, 5) is 48.4. The van der Waals surface area contributed by atoms with Gasteiger partial charge < -0.3 is 19.3 Å². The SMILES string of the molecule is CO[C@@H]1[C@H](OC(=O)c2ccccc2)[C@@H](CO)O[C@H]1n1cnc2c(=O)[nH]c(NC(=O)CC(C)C)nc21. The lowest BCUT2D eigenvalue weighted by atomic mass is 10.1. The lowest BCUT2D eigenvalue weighted by Crippen LogP contribution is -2.39. The standard InChI is InChI=1S/C23H27N5O7/c1-12(2)9-15(30)25-23-26-19-16(20(31)27-23)24-11-28(19)21-18(33-3)17(14(10-29)34-21)35-22(32)13-7-5-4-6-8-13/h4-8,11-12,14,17-18,21,29H,9-10H2,1-3H3,(H2,25,26,27,30,31)/t14-,17-,18-,21-/m1/s1. The van der Waals surface area contributed by atoms with E-state index >= 15 is 0 Å². The number of benzene rings is 1. The second-order valence-electron chi connectivity index (χ2n) is 8.57. The van der Waals surface area contributed by atoms with Crippen LogP contribution in [0.5, 0.6) is 0 Å². The molecule has 0 saturated carbocycles. The van der Waals surface area contributed by atoms with Crippen molar-refractivity contribution in [3.8, 4) is 0 Å². The zero-order chi connectivity index (χ0) is 25.1. The molecule has 1 fully saturated rings. The number of H-pyrrole nitrogens is 1. The van der Waals surface area contributed by atoms with Crippen molar-refractivity contribution < 1.29 is 28.9 Å². The molecule has 0 spiro atoms. The van der Waals surface area contributed by atoms with Gasteiger partial charge in [-0.2, -0.15) is 4.98 Å². The highest BCUT2D eigenvalue weighted by Gasteiger charge is 2.49. The van der Waals surface area contributed by atoms with Crippen molar-refractivity contribution in [1.29, 1.82) is 0 Å². The summed E-state index contributed by atoms with van der Waals surface area (Å²) in [5.41, 5.74) is -0.0557. The van der Waals surface area contributed by atoms with Crippen molar-refractivity contribution in [2.24, 2.45) is 5.92 Å². The summed E-state index contributed by atoms with van der Waals surface area (Å²) in [7, 11) is 1.42. The molecule has 35 heavy (non-hydrogen) atoms. The van der Waals surface area contributed by atoms with Crippen molar-refractivity contribution in [3.05, 3.63) is 52.6 Å². The van der Waals surface area contributed by atoms with Gasteiger partial charge in [0, 0.05) is 13.5 Å². The fraction of sp³-hybridized carbons (Fsp3) is 0.435. The lowest BCUT2D eigenvalue weighted by molar-refractivity contribution is -0.116. The van der Waals surface area contributed by atoms with Crippen LogP contribution in [0.4, 0.5) is 5.95 Å². The third kappa shape index (κ3) is 5.09. The molecule has 0 radical (unpaired) electrons. The number of amides is 1. The number of imidazole rings is 1. The summed E-state index contributed by atoms with van der Waals surface area (Å²) < 4.78 is 18.7. The zero-order valence-electron chi connectivity index (χ0n) is 19.5. The minimum atomic E-state index is -0.952. The highest BCUT2D eigenvalue weighted by molar-refractivity contribution is 5.90. The van der Waals surface area contributed by atoms with Crippen LogP contribution in [-0.4, -0.2) is 68.5 Å². The number of methoxy groups -OCH3 is 1. The average molecular weight is 485 g/mol. The van der Waals surface area contributed by atoms with Crippen LogP contribution in [0, 0.1) is 5.92 Å². The molecule has 12 heteroatoms. The Morgan fingerprint density at radius 2 is 2.00 bits per heavy atom. The molecule has 4 rings (SSSR count). The van der Waals surface area contributed by atoms with E-state index in [1.807, 2.05) is 13.8 Å². The number of aromatic amines is 1. The van der Waals surface area contributed by atoms with E-state index in [-0.39, 0.29) is 35.4 Å². The molecule has 1 aliphatic heterocycles. The number of aliphatic hydroxyl groups is 1. The van der Waals surface area contributed by atoms with Gasteiger partial charge >= 0.3 is 5.97 Å². The maximum atomic E-state index is 12.7. The zero-order valence-corrected chi connectivity index (χ0v) is 19.5. The monoisotopic (exact) mass is 485 g/mol. The molecule has 1 aromatic carbocycles. The van der Waals surface area contributed by atoms with Crippen molar-refractivity contribution >= 4 is 29.0 Å². The average Bonchev–Trinajstić information content (AvgIpc) is 3.40. The fourth-order valence-electron chi connectivity index (χ4n) is 3.96. The highest BCUT2D eigenvalue weighted by Crippen LogP contribution is 2.35. The lowest BCUT2D eigenvalue weighted by Gasteiger charge is -2.23. The van der Waals surface area contributed by atoms with Gasteiger partial charge in [-0.05, 0) is 18.1 Å². The number of rotatable bonds is 8. The molecule has 1 aliphatic rings. The van der Waals surface area contributed by atoms with Crippen molar-refractivity contribution in [2.45, 2.75) is 44.8 Å². The van der Waals surface area contributed by atoms with Gasteiger partial charge in [0.05, 0.1) is 18.5 Å². The second-order valence-corrected chi connectivity index (χ2v) is 8.57. The number of fused-ring (bicyclic) bond motifs is 1. The number of esters is 1. The Labute approximate surface area is 200 Å². The molecule has 1 amide bonds. The molecule has 12 nitrogen and oxygen atoms in total. The van der Waals surface area contributed by atoms with Gasteiger partial charge in [0.15, 0.2) is 23.5 Å². The second kappa shape index (κ2) is 10.3. The summed E-state index contributed by atoms with van der Waals surface area (Å²) in [6.07, 6.45) is -2.03. The van der Waals surface area contributed by atoms with Gasteiger partial charge in [-0.1, -0.05) is 32.0 Å². The van der Waals surface area contributed by atoms with Crippen molar-refractivity contribution in [2.75, 3.05) is 19.0 Å². The first kappa shape index (κ1) is 24.5. The van der Waals surface area contributed by atoms with E-state index in [0.717, 1.165) is 0 Å². The van der Waals surface area contributed by atoms with Crippen LogP contribution in [0.2, 0.25) is 0 Å². The fourth-order valence-corrected chi connectivity index (χ4v) is 3.96. The Morgan fingerprint density at radius 1 is 1.26 bits per heavy atom. The molecule has 0 bridgehead atoms. The van der Waals surface area contributed by atoms with Crippen LogP contribution < -0.4 is 10.9 Å². The molecule has 1 saturated heterocycles. The van der Waals surface area contributed by atoms with E-state index in [2.05, 4.69) is 20.3 Å². The summed E-state index contributed by atoms with van der Waals surface area (Å²) in [5.74, 6) is -0.807. The van der Waals surface area contributed by atoms with Gasteiger partial charge in [0.25, 0.3) is 5.56 Å². The first-order valence-electron chi connectivity index (χ1n) is 11.1. The molecular weight excluding hydrogens is 458 g/mol. The molecule has 0 unspecified atom stereocenters. The summed E-state index contributed by atoms with van der Waals surface area (Å²) >= 11 is 0. The number of carbonyl (C=O) groups excluding carboxylic acids is 2. The quantitative estimate of drug-likeness (QED) is 0.399. The maximum Gasteiger partial charge on any atom is 0.338 e. The Bertz CT molecular complexity index is 1260. The molecule has 3 N–H and O–H groups in total. The van der Waals surface area contributed by atoms with Gasteiger partial charge in [0.2, 0.25) is 11.9 Å². The number of hydrogen-bond donors (Lipinski definition) is 3. The number of nitrogens with zero attached hydrogens (tertiary/aromatic N) is 3. The van der Waals surface area contributed by atoms with Crippen LogP contribution >= 0.6 is 0 Å². The first-order valence-corrected chi connectivity index (χ1v) is 11.1. The van der Waals surface area contributed by atoms with E-state index in [9.17, 15) is 19.5 Å². The summed E-state index contributed by atoms with van der Waals surface area (Å²) in [5, 5.41) is 12.5. The van der Waals surface area contributed by atoms with E-state index in [1.165, 1.54) is 18.0 Å². The van der Waals surface area contributed by atoms with Crippen LogP contribution in [0.1, 0.15) is 36.9 Å². The topological polar surface area (TPSA) is 158 Å². The predicted octanol–water partition coefficient (Wildman–Crippen LogP) is 1.23. The van der Waals surface area contributed by atoms with E-state index < -0.39 is 42.7 Å². The van der Waals surface area contributed by atoms with E-state index in [0.29, 0.717) is 5.56 Å². The van der Waals surface area contributed by atoms with Crippen LogP contribution in [0.25, 0.3) is 11.2 Å². The van der Waals surface area contributed by atoms with Crippen molar-refractivity contribution in [1.82, 2.24) is 19.5 Å². The molecule has 2 aromatic heterocycles. The number of anilines is 1. The minimum absolute atomic E-state index is 0.0237. The Hall–Kier alpha value is -3.61. The van der Waals surface area contributed by atoms with Crippen LogP contribution in [0.3, 0.4) is 0 Å². The van der Waals surface area contributed by atoms with E-state index in [1.54, 1.807) is 30.3 Å². The van der Waals surface area contributed by atoms with Crippen molar-refractivity contribution in [3.63, 3.8) is 0 Å². The number of aliphatic hydroxyl groups excluding tert-OH is 1. The predicted molar refractivity (Wildman–Crippen MR) is 124 cm³/mol. The molecule has 3 heterocycles. The Balaban J connectivity index is 1.64. The third-order valence-electron chi connectivity index (χ3n) is 5.55. The number of nitrogens with one attached hydrogen (secondary N) is 2. The normalized spacial score (nSPS) is 22.0. The van der Waals surface area contributed by atoms with Gasteiger partial charge in [-0.15, -0.1) is 0 Å².